The third-order valence-corrected chi connectivity index (χ3v) is 1.68. The molecule has 0 bridgehead atoms. The summed E-state index contributed by atoms with van der Waals surface area (Å²) < 4.78 is 0. The van der Waals surface area contributed by atoms with Crippen molar-refractivity contribution in [1.29, 1.82) is 0 Å². The molecule has 0 unspecified atom stereocenters. The molecule has 0 aromatic rings. The van der Waals surface area contributed by atoms with Crippen molar-refractivity contribution >= 4 is 6.29 Å². The first-order valence-corrected chi connectivity index (χ1v) is 3.00. The van der Waals surface area contributed by atoms with Gasteiger partial charge in [0.15, 0.2) is 0 Å². The van der Waals surface area contributed by atoms with Gasteiger partial charge in [-0.2, -0.15) is 0 Å². The van der Waals surface area contributed by atoms with Crippen LogP contribution in [-0.4, -0.2) is 6.29 Å². The first kappa shape index (κ1) is 5.54. The van der Waals surface area contributed by atoms with Crippen LogP contribution in [0.25, 0.3) is 0 Å². The van der Waals surface area contributed by atoms with Gasteiger partial charge in [0.25, 0.3) is 0 Å². The third kappa shape index (κ3) is 0.808. The molecule has 0 heterocycles. The summed E-state index contributed by atoms with van der Waals surface area (Å²) in [5.74, 6) is 0.521. The summed E-state index contributed by atoms with van der Waals surface area (Å²) in [6.45, 7) is 2.09. The molecular formula is C7H10O. The predicted molar refractivity (Wildman–Crippen MR) is 32.5 cm³/mol. The lowest BCUT2D eigenvalue weighted by Crippen LogP contribution is -1.92. The highest BCUT2D eigenvalue weighted by Crippen LogP contribution is 2.22. The van der Waals surface area contributed by atoms with Gasteiger partial charge in [0.05, 0.1) is 0 Å². The summed E-state index contributed by atoms with van der Waals surface area (Å²) in [7, 11) is 0. The van der Waals surface area contributed by atoms with Crippen LogP contribution in [0.3, 0.4) is 0 Å². The second kappa shape index (κ2) is 2.12. The molecule has 1 aliphatic carbocycles. The number of carbonyl (C=O) groups excluding carboxylic acids is 1. The standard InChI is InChI=1S/C7H10O/c1-6-3-2-4-7(6)5-8/h4-6H,2-3H2,1H3/t6-/m0/s1. The zero-order chi connectivity index (χ0) is 5.98. The Morgan fingerprint density at radius 3 is 2.88 bits per heavy atom. The zero-order valence-electron chi connectivity index (χ0n) is 5.05. The molecule has 1 heteroatoms. The Hall–Kier alpha value is -0.590. The summed E-state index contributed by atoms with van der Waals surface area (Å²) in [5.41, 5.74) is 0.991. The molecule has 1 nitrogen and oxygen atoms in total. The molecule has 0 aromatic carbocycles. The van der Waals surface area contributed by atoms with Crippen molar-refractivity contribution in [3.8, 4) is 0 Å². The Morgan fingerprint density at radius 1 is 1.88 bits per heavy atom. The molecular weight excluding hydrogens is 100 g/mol. The molecule has 0 saturated heterocycles. The van der Waals surface area contributed by atoms with Gasteiger partial charge in [-0.3, -0.25) is 4.79 Å². The first-order valence-electron chi connectivity index (χ1n) is 3.00. The number of hydrogen-bond acceptors (Lipinski definition) is 1. The Labute approximate surface area is 49.4 Å². The van der Waals surface area contributed by atoms with E-state index in [1.807, 2.05) is 6.08 Å². The fourth-order valence-electron chi connectivity index (χ4n) is 1.03. The fraction of sp³-hybridized carbons (Fsp3) is 0.571. The van der Waals surface area contributed by atoms with Crippen LogP contribution in [0.2, 0.25) is 0 Å². The van der Waals surface area contributed by atoms with E-state index in [0.717, 1.165) is 24.7 Å². The average molecular weight is 110 g/mol. The van der Waals surface area contributed by atoms with Gasteiger partial charge in [0.2, 0.25) is 0 Å². The Balaban J connectivity index is 2.62. The van der Waals surface area contributed by atoms with Crippen LogP contribution >= 0.6 is 0 Å². The SMILES string of the molecule is C[C@H]1CCC=C1C=O. The molecule has 1 rings (SSSR count). The van der Waals surface area contributed by atoms with Crippen molar-refractivity contribution in [1.82, 2.24) is 0 Å². The molecule has 0 spiro atoms. The van der Waals surface area contributed by atoms with E-state index in [9.17, 15) is 4.79 Å². The predicted octanol–water partition coefficient (Wildman–Crippen LogP) is 1.54. The summed E-state index contributed by atoms with van der Waals surface area (Å²) in [6.07, 6.45) is 5.25. The van der Waals surface area contributed by atoms with Crippen molar-refractivity contribution < 1.29 is 4.79 Å². The molecule has 0 aliphatic heterocycles. The maximum atomic E-state index is 10.1. The van der Waals surface area contributed by atoms with E-state index >= 15 is 0 Å². The van der Waals surface area contributed by atoms with E-state index in [1.165, 1.54) is 0 Å². The number of carbonyl (C=O) groups is 1. The van der Waals surface area contributed by atoms with E-state index in [2.05, 4.69) is 6.92 Å². The van der Waals surface area contributed by atoms with Gasteiger partial charge in [-0.25, -0.2) is 0 Å². The maximum absolute atomic E-state index is 10.1. The smallest absolute Gasteiger partial charge is 0.145 e. The minimum Gasteiger partial charge on any atom is -0.298 e. The van der Waals surface area contributed by atoms with Gasteiger partial charge in [-0.1, -0.05) is 13.0 Å². The Kier molecular flexibility index (Phi) is 1.47. The van der Waals surface area contributed by atoms with Gasteiger partial charge in [0.1, 0.15) is 6.29 Å². The van der Waals surface area contributed by atoms with Crippen LogP contribution in [0.5, 0.6) is 0 Å². The van der Waals surface area contributed by atoms with Crippen LogP contribution in [0, 0.1) is 5.92 Å². The summed E-state index contributed by atoms with van der Waals surface area (Å²) in [6, 6.07) is 0. The van der Waals surface area contributed by atoms with Gasteiger partial charge >= 0.3 is 0 Å². The van der Waals surface area contributed by atoms with Crippen LogP contribution in [0.1, 0.15) is 19.8 Å². The van der Waals surface area contributed by atoms with Gasteiger partial charge < -0.3 is 0 Å². The van der Waals surface area contributed by atoms with E-state index in [-0.39, 0.29) is 0 Å². The number of aldehydes is 1. The van der Waals surface area contributed by atoms with Crippen LogP contribution in [0.4, 0.5) is 0 Å². The van der Waals surface area contributed by atoms with E-state index in [0.29, 0.717) is 5.92 Å². The summed E-state index contributed by atoms with van der Waals surface area (Å²) >= 11 is 0. The van der Waals surface area contributed by atoms with Crippen molar-refractivity contribution in [2.75, 3.05) is 0 Å². The number of hydrogen-bond donors (Lipinski definition) is 0. The van der Waals surface area contributed by atoms with Crippen LogP contribution < -0.4 is 0 Å². The zero-order valence-corrected chi connectivity index (χ0v) is 5.05. The highest BCUT2D eigenvalue weighted by atomic mass is 16.1. The molecule has 44 valence electrons. The molecule has 0 radical (unpaired) electrons. The van der Waals surface area contributed by atoms with E-state index in [4.69, 9.17) is 0 Å². The second-order valence-electron chi connectivity index (χ2n) is 2.30. The normalized spacial score (nSPS) is 27.6. The molecule has 0 amide bonds. The van der Waals surface area contributed by atoms with Crippen molar-refractivity contribution in [3.05, 3.63) is 11.6 Å². The fourth-order valence-corrected chi connectivity index (χ4v) is 1.03. The molecule has 1 atom stereocenters. The average Bonchev–Trinajstić information content (AvgIpc) is 2.14. The van der Waals surface area contributed by atoms with Crippen LogP contribution in [-0.2, 0) is 4.79 Å². The molecule has 0 fully saturated rings. The van der Waals surface area contributed by atoms with Crippen molar-refractivity contribution in [2.45, 2.75) is 19.8 Å². The molecule has 0 aromatic heterocycles. The van der Waals surface area contributed by atoms with Gasteiger partial charge in [-0.05, 0) is 24.3 Å². The molecule has 0 N–H and O–H groups in total. The van der Waals surface area contributed by atoms with Gasteiger partial charge in [0, 0.05) is 0 Å². The van der Waals surface area contributed by atoms with E-state index < -0.39 is 0 Å². The van der Waals surface area contributed by atoms with Crippen molar-refractivity contribution in [2.24, 2.45) is 5.92 Å². The minimum absolute atomic E-state index is 0.521. The first-order chi connectivity index (χ1) is 3.84. The lowest BCUT2D eigenvalue weighted by molar-refractivity contribution is -0.105. The highest BCUT2D eigenvalue weighted by Gasteiger charge is 2.11. The molecule has 1 aliphatic rings. The van der Waals surface area contributed by atoms with Crippen LogP contribution in [0.15, 0.2) is 11.6 Å². The molecule has 0 saturated carbocycles. The minimum atomic E-state index is 0.521. The Morgan fingerprint density at radius 2 is 2.62 bits per heavy atom. The molecule has 8 heavy (non-hydrogen) atoms. The maximum Gasteiger partial charge on any atom is 0.145 e. The lowest BCUT2D eigenvalue weighted by atomic mass is 10.1. The van der Waals surface area contributed by atoms with Crippen molar-refractivity contribution in [3.63, 3.8) is 0 Å². The van der Waals surface area contributed by atoms with Gasteiger partial charge in [-0.15, -0.1) is 0 Å². The summed E-state index contributed by atoms with van der Waals surface area (Å²) in [4.78, 5) is 10.1. The second-order valence-corrected chi connectivity index (χ2v) is 2.30. The monoisotopic (exact) mass is 110 g/mol. The number of allylic oxidation sites excluding steroid dienone is 2. The lowest BCUT2D eigenvalue weighted by Gasteiger charge is -1.97. The summed E-state index contributed by atoms with van der Waals surface area (Å²) in [5, 5.41) is 0. The third-order valence-electron chi connectivity index (χ3n) is 1.68. The quantitative estimate of drug-likeness (QED) is 0.468. The largest absolute Gasteiger partial charge is 0.298 e. The van der Waals surface area contributed by atoms with E-state index in [1.54, 1.807) is 0 Å². The topological polar surface area (TPSA) is 17.1 Å². The highest BCUT2D eigenvalue weighted by molar-refractivity contribution is 5.74. The number of rotatable bonds is 1. The Bertz CT molecular complexity index is 124.